The zero-order chi connectivity index (χ0) is 14.7. The summed E-state index contributed by atoms with van der Waals surface area (Å²) >= 11 is 10.9. The van der Waals surface area contributed by atoms with Crippen molar-refractivity contribution in [3.63, 3.8) is 0 Å². The molecule has 0 bridgehead atoms. The van der Waals surface area contributed by atoms with Crippen molar-refractivity contribution in [1.82, 2.24) is 4.90 Å². The number of carbonyl (C=O) groups excluding carboxylic acids is 1. The molecule has 0 aliphatic heterocycles. The second-order valence-corrected chi connectivity index (χ2v) is 5.58. The van der Waals surface area contributed by atoms with E-state index in [1.165, 1.54) is 0 Å². The topological polar surface area (TPSA) is 55.6 Å². The highest BCUT2D eigenvalue weighted by molar-refractivity contribution is 7.80. The van der Waals surface area contributed by atoms with E-state index >= 15 is 0 Å². The summed E-state index contributed by atoms with van der Waals surface area (Å²) in [5.41, 5.74) is 6.22. The van der Waals surface area contributed by atoms with Crippen LogP contribution in [0.5, 0.6) is 5.75 Å². The van der Waals surface area contributed by atoms with Crippen LogP contribution in [-0.2, 0) is 4.79 Å². The molecule has 0 saturated heterocycles. The van der Waals surface area contributed by atoms with Crippen molar-refractivity contribution in [2.24, 2.45) is 5.73 Å². The van der Waals surface area contributed by atoms with Crippen LogP contribution >= 0.6 is 23.8 Å². The number of hydrogen-bond acceptors (Lipinski definition) is 3. The van der Waals surface area contributed by atoms with E-state index in [-0.39, 0.29) is 17.5 Å². The van der Waals surface area contributed by atoms with E-state index in [1.807, 2.05) is 11.8 Å². The molecular formula is C14H17ClN2O2S. The number of benzene rings is 1. The molecule has 0 unspecified atom stereocenters. The van der Waals surface area contributed by atoms with Crippen molar-refractivity contribution in [3.05, 3.63) is 28.8 Å². The van der Waals surface area contributed by atoms with Gasteiger partial charge in [-0.25, -0.2) is 0 Å². The quantitative estimate of drug-likeness (QED) is 0.819. The third-order valence-corrected chi connectivity index (χ3v) is 3.66. The molecule has 108 valence electrons. The third kappa shape index (κ3) is 3.61. The van der Waals surface area contributed by atoms with E-state index in [2.05, 4.69) is 0 Å². The lowest BCUT2D eigenvalue weighted by Crippen LogP contribution is -2.36. The number of amides is 1. The number of hydrogen-bond donors (Lipinski definition) is 1. The molecule has 0 radical (unpaired) electrons. The molecule has 1 fully saturated rings. The first-order valence-electron chi connectivity index (χ1n) is 6.54. The summed E-state index contributed by atoms with van der Waals surface area (Å²) in [5.74, 6) is 0.425. The molecule has 1 saturated carbocycles. The fourth-order valence-electron chi connectivity index (χ4n) is 2.07. The molecule has 0 aromatic heterocycles. The lowest BCUT2D eigenvalue weighted by atomic mass is 10.2. The average Bonchev–Trinajstić information content (AvgIpc) is 3.21. The first-order valence-corrected chi connectivity index (χ1v) is 7.33. The fraction of sp³-hybridized carbons (Fsp3) is 0.429. The van der Waals surface area contributed by atoms with Gasteiger partial charge in [-0.05, 0) is 38.0 Å². The van der Waals surface area contributed by atoms with Gasteiger partial charge in [0.15, 0.2) is 6.61 Å². The predicted molar refractivity (Wildman–Crippen MR) is 83.2 cm³/mol. The molecule has 1 amide bonds. The van der Waals surface area contributed by atoms with Crippen molar-refractivity contribution in [3.8, 4) is 5.75 Å². The summed E-state index contributed by atoms with van der Waals surface area (Å²) in [6, 6.07) is 5.39. The van der Waals surface area contributed by atoms with Crippen LogP contribution in [0, 0.1) is 0 Å². The van der Waals surface area contributed by atoms with Gasteiger partial charge in [-0.3, -0.25) is 4.79 Å². The van der Waals surface area contributed by atoms with Gasteiger partial charge in [-0.2, -0.15) is 0 Å². The third-order valence-electron chi connectivity index (χ3n) is 3.21. The zero-order valence-corrected chi connectivity index (χ0v) is 12.8. The van der Waals surface area contributed by atoms with Crippen molar-refractivity contribution in [1.29, 1.82) is 0 Å². The number of likely N-dealkylation sites (N-methyl/N-ethyl adjacent to an activating group) is 1. The highest BCUT2D eigenvalue weighted by Gasteiger charge is 2.31. The molecular weight excluding hydrogens is 296 g/mol. The van der Waals surface area contributed by atoms with Crippen LogP contribution < -0.4 is 10.5 Å². The average molecular weight is 313 g/mol. The Bertz CT molecular complexity index is 532. The van der Waals surface area contributed by atoms with Gasteiger partial charge in [0.1, 0.15) is 10.7 Å². The number of carbonyl (C=O) groups is 1. The maximum Gasteiger partial charge on any atom is 0.260 e. The molecule has 1 aromatic rings. The van der Waals surface area contributed by atoms with Crippen LogP contribution in [0.4, 0.5) is 0 Å². The van der Waals surface area contributed by atoms with E-state index in [0.29, 0.717) is 28.9 Å². The monoisotopic (exact) mass is 312 g/mol. The smallest absolute Gasteiger partial charge is 0.260 e. The second-order valence-electron chi connectivity index (χ2n) is 4.70. The lowest BCUT2D eigenvalue weighted by Gasteiger charge is -2.20. The number of nitrogens with zero attached hydrogens (tertiary/aromatic N) is 1. The molecule has 1 aromatic carbocycles. The zero-order valence-electron chi connectivity index (χ0n) is 11.3. The minimum absolute atomic E-state index is 0.0242. The normalized spacial score (nSPS) is 13.9. The predicted octanol–water partition coefficient (Wildman–Crippen LogP) is 2.36. The van der Waals surface area contributed by atoms with Crippen molar-refractivity contribution in [2.45, 2.75) is 25.8 Å². The van der Waals surface area contributed by atoms with Crippen LogP contribution in [-0.4, -0.2) is 35.0 Å². The molecule has 1 aliphatic rings. The summed E-state index contributed by atoms with van der Waals surface area (Å²) in [7, 11) is 0. The van der Waals surface area contributed by atoms with Gasteiger partial charge < -0.3 is 15.4 Å². The number of halogens is 1. The maximum absolute atomic E-state index is 12.1. The number of thiocarbonyl (C=S) groups is 1. The molecule has 2 N–H and O–H groups in total. The Morgan fingerprint density at radius 2 is 2.25 bits per heavy atom. The summed E-state index contributed by atoms with van der Waals surface area (Å²) in [6.45, 7) is 2.64. The van der Waals surface area contributed by atoms with Gasteiger partial charge in [-0.1, -0.05) is 23.8 Å². The standard InChI is InChI=1S/C14H17ClN2O2S/c1-2-17(10-4-5-10)13(18)8-19-12-7-9(15)3-6-11(12)14(16)20/h3,6-7,10H,2,4-5,8H2,1H3,(H2,16,20). The van der Waals surface area contributed by atoms with Gasteiger partial charge in [-0.15, -0.1) is 0 Å². The summed E-state index contributed by atoms with van der Waals surface area (Å²) in [6.07, 6.45) is 2.16. The highest BCUT2D eigenvalue weighted by atomic mass is 35.5. The van der Waals surface area contributed by atoms with Crippen LogP contribution in [0.15, 0.2) is 18.2 Å². The SMILES string of the molecule is CCN(C(=O)COc1cc(Cl)ccc1C(N)=S)C1CC1. The van der Waals surface area contributed by atoms with Crippen LogP contribution in [0.1, 0.15) is 25.3 Å². The Labute approximate surface area is 128 Å². The van der Waals surface area contributed by atoms with Gasteiger partial charge in [0.05, 0.1) is 5.56 Å². The number of rotatable bonds is 6. The van der Waals surface area contributed by atoms with Gasteiger partial charge >= 0.3 is 0 Å². The Morgan fingerprint density at radius 1 is 1.55 bits per heavy atom. The van der Waals surface area contributed by atoms with Crippen molar-refractivity contribution >= 4 is 34.7 Å². The summed E-state index contributed by atoms with van der Waals surface area (Å²) in [4.78, 5) is 14.2. The Balaban J connectivity index is 2.04. The van der Waals surface area contributed by atoms with E-state index in [9.17, 15) is 4.79 Å². The molecule has 0 heterocycles. The second kappa shape index (κ2) is 6.41. The van der Waals surface area contributed by atoms with E-state index in [1.54, 1.807) is 18.2 Å². The minimum Gasteiger partial charge on any atom is -0.483 e. The summed E-state index contributed by atoms with van der Waals surface area (Å²) < 4.78 is 5.56. The van der Waals surface area contributed by atoms with Gasteiger partial charge in [0.25, 0.3) is 5.91 Å². The molecule has 2 rings (SSSR count). The maximum atomic E-state index is 12.1. The van der Waals surface area contributed by atoms with Gasteiger partial charge in [0.2, 0.25) is 0 Å². The first-order chi connectivity index (χ1) is 9.52. The Morgan fingerprint density at radius 3 is 2.80 bits per heavy atom. The first kappa shape index (κ1) is 15.1. The molecule has 20 heavy (non-hydrogen) atoms. The molecule has 6 heteroatoms. The highest BCUT2D eigenvalue weighted by Crippen LogP contribution is 2.27. The Kier molecular flexibility index (Phi) is 4.83. The lowest BCUT2D eigenvalue weighted by molar-refractivity contribution is -0.133. The van der Waals surface area contributed by atoms with Crippen molar-refractivity contribution < 1.29 is 9.53 Å². The Hall–Kier alpha value is -1.33. The van der Waals surface area contributed by atoms with Gasteiger partial charge in [0, 0.05) is 17.6 Å². The van der Waals surface area contributed by atoms with E-state index in [4.69, 9.17) is 34.3 Å². The minimum atomic E-state index is -0.0275. The van der Waals surface area contributed by atoms with Crippen LogP contribution in [0.2, 0.25) is 5.02 Å². The molecule has 4 nitrogen and oxygen atoms in total. The molecule has 0 spiro atoms. The number of ether oxygens (including phenoxy) is 1. The molecule has 0 atom stereocenters. The summed E-state index contributed by atoms with van der Waals surface area (Å²) in [5, 5.41) is 0.516. The van der Waals surface area contributed by atoms with Crippen LogP contribution in [0.3, 0.4) is 0 Å². The molecule has 1 aliphatic carbocycles. The van der Waals surface area contributed by atoms with E-state index in [0.717, 1.165) is 12.8 Å². The number of nitrogens with two attached hydrogens (primary N) is 1. The van der Waals surface area contributed by atoms with Crippen molar-refractivity contribution in [2.75, 3.05) is 13.2 Å². The van der Waals surface area contributed by atoms with Crippen LogP contribution in [0.25, 0.3) is 0 Å². The fourth-order valence-corrected chi connectivity index (χ4v) is 2.40. The van der Waals surface area contributed by atoms with E-state index < -0.39 is 0 Å². The largest absolute Gasteiger partial charge is 0.483 e.